The number of nitro groups is 1. The minimum atomic E-state index is -0.447. The highest BCUT2D eigenvalue weighted by molar-refractivity contribution is 5.62. The standard InChI is InChI=1S/C12H12N4O3/c1-8-3-4-9(16(17)18)7-10(8)14-12-13-6-5-11(15-12)19-2/h3-7H,1-2H3,(H,13,14,15). The second-order valence-electron chi connectivity index (χ2n) is 3.80. The first-order valence-corrected chi connectivity index (χ1v) is 5.49. The van der Waals surface area contributed by atoms with Gasteiger partial charge < -0.3 is 10.1 Å². The number of nitro benzene ring substituents is 1. The van der Waals surface area contributed by atoms with Crippen LogP contribution in [-0.4, -0.2) is 22.0 Å². The van der Waals surface area contributed by atoms with Gasteiger partial charge in [0.15, 0.2) is 0 Å². The van der Waals surface area contributed by atoms with Gasteiger partial charge in [0.05, 0.1) is 17.7 Å². The summed E-state index contributed by atoms with van der Waals surface area (Å²) in [7, 11) is 1.50. The van der Waals surface area contributed by atoms with Gasteiger partial charge in [-0.1, -0.05) is 6.07 Å². The number of hydrogen-bond acceptors (Lipinski definition) is 6. The van der Waals surface area contributed by atoms with Gasteiger partial charge in [0.25, 0.3) is 5.69 Å². The second-order valence-corrected chi connectivity index (χ2v) is 3.80. The Hall–Kier alpha value is -2.70. The second kappa shape index (κ2) is 5.30. The fraction of sp³-hybridized carbons (Fsp3) is 0.167. The molecule has 1 aromatic carbocycles. The molecule has 2 aromatic rings. The maximum atomic E-state index is 10.7. The van der Waals surface area contributed by atoms with E-state index in [9.17, 15) is 10.1 Å². The van der Waals surface area contributed by atoms with Crippen LogP contribution in [0.5, 0.6) is 5.88 Å². The molecule has 0 radical (unpaired) electrons. The lowest BCUT2D eigenvalue weighted by Crippen LogP contribution is -2.00. The van der Waals surface area contributed by atoms with E-state index in [2.05, 4.69) is 15.3 Å². The van der Waals surface area contributed by atoms with E-state index in [0.717, 1.165) is 5.56 Å². The van der Waals surface area contributed by atoms with Crippen LogP contribution >= 0.6 is 0 Å². The van der Waals surface area contributed by atoms with Gasteiger partial charge in [0.2, 0.25) is 11.8 Å². The number of nitrogens with zero attached hydrogens (tertiary/aromatic N) is 3. The molecule has 0 aliphatic carbocycles. The number of hydrogen-bond donors (Lipinski definition) is 1. The smallest absolute Gasteiger partial charge is 0.271 e. The molecule has 0 aliphatic heterocycles. The quantitative estimate of drug-likeness (QED) is 0.670. The highest BCUT2D eigenvalue weighted by Gasteiger charge is 2.09. The summed E-state index contributed by atoms with van der Waals surface area (Å²) in [5, 5.41) is 13.7. The van der Waals surface area contributed by atoms with Gasteiger partial charge in [0, 0.05) is 24.4 Å². The molecule has 0 unspecified atom stereocenters. The molecule has 0 spiro atoms. The van der Waals surface area contributed by atoms with Gasteiger partial charge in [-0.3, -0.25) is 10.1 Å². The molecule has 98 valence electrons. The first-order chi connectivity index (χ1) is 9.10. The minimum absolute atomic E-state index is 0.0102. The van der Waals surface area contributed by atoms with E-state index in [0.29, 0.717) is 17.5 Å². The molecule has 0 saturated carbocycles. The van der Waals surface area contributed by atoms with Crippen LogP contribution in [0.4, 0.5) is 17.3 Å². The van der Waals surface area contributed by atoms with Gasteiger partial charge in [-0.2, -0.15) is 4.98 Å². The van der Waals surface area contributed by atoms with Gasteiger partial charge in [-0.15, -0.1) is 0 Å². The zero-order valence-electron chi connectivity index (χ0n) is 10.5. The van der Waals surface area contributed by atoms with Gasteiger partial charge >= 0.3 is 0 Å². The molecule has 7 nitrogen and oxygen atoms in total. The Morgan fingerprint density at radius 1 is 1.37 bits per heavy atom. The maximum Gasteiger partial charge on any atom is 0.271 e. The molecular formula is C12H12N4O3. The highest BCUT2D eigenvalue weighted by atomic mass is 16.6. The van der Waals surface area contributed by atoms with Crippen molar-refractivity contribution in [3.05, 3.63) is 46.1 Å². The number of anilines is 2. The monoisotopic (exact) mass is 260 g/mol. The van der Waals surface area contributed by atoms with Crippen molar-refractivity contribution in [2.24, 2.45) is 0 Å². The topological polar surface area (TPSA) is 90.2 Å². The summed E-state index contributed by atoms with van der Waals surface area (Å²) in [4.78, 5) is 18.4. The molecule has 19 heavy (non-hydrogen) atoms. The summed E-state index contributed by atoms with van der Waals surface area (Å²) < 4.78 is 4.99. The predicted octanol–water partition coefficient (Wildman–Crippen LogP) is 2.45. The number of benzene rings is 1. The molecule has 1 heterocycles. The van der Waals surface area contributed by atoms with E-state index in [1.54, 1.807) is 18.3 Å². The lowest BCUT2D eigenvalue weighted by atomic mass is 10.2. The van der Waals surface area contributed by atoms with E-state index < -0.39 is 4.92 Å². The Morgan fingerprint density at radius 2 is 2.16 bits per heavy atom. The maximum absolute atomic E-state index is 10.7. The van der Waals surface area contributed by atoms with E-state index in [-0.39, 0.29) is 5.69 Å². The van der Waals surface area contributed by atoms with Crippen LogP contribution in [0, 0.1) is 17.0 Å². The Morgan fingerprint density at radius 3 is 2.84 bits per heavy atom. The number of rotatable bonds is 4. The van der Waals surface area contributed by atoms with Crippen LogP contribution in [0.2, 0.25) is 0 Å². The molecule has 0 aliphatic rings. The largest absolute Gasteiger partial charge is 0.481 e. The van der Waals surface area contributed by atoms with Crippen LogP contribution in [-0.2, 0) is 0 Å². The average molecular weight is 260 g/mol. The first-order valence-electron chi connectivity index (χ1n) is 5.49. The highest BCUT2D eigenvalue weighted by Crippen LogP contribution is 2.24. The Kier molecular flexibility index (Phi) is 3.56. The normalized spacial score (nSPS) is 10.0. The number of non-ortho nitro benzene ring substituents is 1. The third-order valence-electron chi connectivity index (χ3n) is 2.52. The summed E-state index contributed by atoms with van der Waals surface area (Å²) >= 11 is 0. The molecule has 0 saturated heterocycles. The van der Waals surface area contributed by atoms with Gasteiger partial charge in [0.1, 0.15) is 0 Å². The minimum Gasteiger partial charge on any atom is -0.481 e. The van der Waals surface area contributed by atoms with Crippen LogP contribution in [0.25, 0.3) is 0 Å². The van der Waals surface area contributed by atoms with Crippen molar-refractivity contribution in [2.45, 2.75) is 6.92 Å². The Labute approximate surface area is 109 Å². The Bertz CT molecular complexity index is 616. The van der Waals surface area contributed by atoms with Gasteiger partial charge in [-0.05, 0) is 12.5 Å². The number of ether oxygens (including phenoxy) is 1. The van der Waals surface area contributed by atoms with Crippen LogP contribution in [0.15, 0.2) is 30.5 Å². The summed E-state index contributed by atoms with van der Waals surface area (Å²) in [5.74, 6) is 0.739. The number of aromatic nitrogens is 2. The van der Waals surface area contributed by atoms with E-state index in [1.165, 1.54) is 19.2 Å². The van der Waals surface area contributed by atoms with Crippen molar-refractivity contribution in [3.63, 3.8) is 0 Å². The zero-order valence-corrected chi connectivity index (χ0v) is 10.5. The number of nitrogens with one attached hydrogen (secondary N) is 1. The average Bonchev–Trinajstić information content (AvgIpc) is 2.41. The van der Waals surface area contributed by atoms with E-state index in [1.807, 2.05) is 6.92 Å². The van der Waals surface area contributed by atoms with E-state index >= 15 is 0 Å². The van der Waals surface area contributed by atoms with Crippen molar-refractivity contribution < 1.29 is 9.66 Å². The molecule has 1 N–H and O–H groups in total. The third-order valence-corrected chi connectivity index (χ3v) is 2.52. The zero-order chi connectivity index (χ0) is 13.8. The molecule has 1 aromatic heterocycles. The number of aryl methyl sites for hydroxylation is 1. The van der Waals surface area contributed by atoms with Gasteiger partial charge in [-0.25, -0.2) is 4.98 Å². The van der Waals surface area contributed by atoms with Crippen molar-refractivity contribution in [1.29, 1.82) is 0 Å². The van der Waals surface area contributed by atoms with Crippen molar-refractivity contribution in [1.82, 2.24) is 9.97 Å². The van der Waals surface area contributed by atoms with E-state index in [4.69, 9.17) is 4.74 Å². The summed E-state index contributed by atoms with van der Waals surface area (Å²) in [6.45, 7) is 1.84. The van der Waals surface area contributed by atoms with Crippen molar-refractivity contribution in [2.75, 3.05) is 12.4 Å². The molecule has 0 fully saturated rings. The lowest BCUT2D eigenvalue weighted by molar-refractivity contribution is -0.384. The Balaban J connectivity index is 2.31. The molecule has 0 atom stereocenters. The van der Waals surface area contributed by atoms with Crippen LogP contribution < -0.4 is 10.1 Å². The molecule has 7 heteroatoms. The summed E-state index contributed by atoms with van der Waals surface area (Å²) in [6, 6.07) is 6.18. The SMILES string of the molecule is COc1ccnc(Nc2cc([N+](=O)[O-])ccc2C)n1. The molecule has 0 amide bonds. The fourth-order valence-electron chi connectivity index (χ4n) is 1.49. The van der Waals surface area contributed by atoms with Crippen molar-refractivity contribution in [3.8, 4) is 5.88 Å². The molecular weight excluding hydrogens is 248 g/mol. The molecule has 2 rings (SSSR count). The summed E-state index contributed by atoms with van der Waals surface area (Å²) in [5.41, 5.74) is 1.45. The predicted molar refractivity (Wildman–Crippen MR) is 69.7 cm³/mol. The first kappa shape index (κ1) is 12.7. The summed E-state index contributed by atoms with van der Waals surface area (Å²) in [6.07, 6.45) is 1.54. The van der Waals surface area contributed by atoms with Crippen LogP contribution in [0.3, 0.4) is 0 Å². The van der Waals surface area contributed by atoms with Crippen molar-refractivity contribution >= 4 is 17.3 Å². The fourth-order valence-corrected chi connectivity index (χ4v) is 1.49. The third kappa shape index (κ3) is 2.95. The molecule has 0 bridgehead atoms. The van der Waals surface area contributed by atoms with Crippen LogP contribution in [0.1, 0.15) is 5.56 Å². The number of methoxy groups -OCH3 is 1. The lowest BCUT2D eigenvalue weighted by Gasteiger charge is -2.08.